The van der Waals surface area contributed by atoms with Crippen LogP contribution in [0.25, 0.3) is 0 Å². The number of hydrogen-bond donors (Lipinski definition) is 2. The van der Waals surface area contributed by atoms with Crippen molar-refractivity contribution in [1.29, 1.82) is 0 Å². The van der Waals surface area contributed by atoms with Crippen molar-refractivity contribution < 1.29 is 4.52 Å². The van der Waals surface area contributed by atoms with Crippen LogP contribution >= 0.6 is 46.9 Å². The first kappa shape index (κ1) is 22.2. The summed E-state index contributed by atoms with van der Waals surface area (Å²) in [5, 5.41) is 10.8. The van der Waals surface area contributed by atoms with Gasteiger partial charge in [-0.3, -0.25) is 0 Å². The molecule has 2 heterocycles. The number of rotatable bonds is 8. The molecule has 0 aliphatic rings. The molecule has 2 aromatic rings. The van der Waals surface area contributed by atoms with Gasteiger partial charge in [0.15, 0.2) is 5.96 Å². The van der Waals surface area contributed by atoms with Gasteiger partial charge in [0.1, 0.15) is 5.76 Å². The van der Waals surface area contributed by atoms with Gasteiger partial charge in [-0.1, -0.05) is 30.6 Å². The third kappa shape index (κ3) is 6.79. The molecule has 5 nitrogen and oxygen atoms in total. The minimum atomic E-state index is 0. The van der Waals surface area contributed by atoms with Crippen molar-refractivity contribution in [3.8, 4) is 0 Å². The van der Waals surface area contributed by atoms with Crippen LogP contribution < -0.4 is 10.6 Å². The Labute approximate surface area is 175 Å². The molecule has 0 spiro atoms. The first-order valence-corrected chi connectivity index (χ1v) is 9.60. The largest absolute Gasteiger partial charge is 0.361 e. The molecule has 2 aromatic heterocycles. The van der Waals surface area contributed by atoms with Gasteiger partial charge < -0.3 is 15.2 Å². The van der Waals surface area contributed by atoms with E-state index in [4.69, 9.17) is 16.1 Å². The van der Waals surface area contributed by atoms with Crippen molar-refractivity contribution in [3.05, 3.63) is 38.4 Å². The molecule has 0 unspecified atom stereocenters. The van der Waals surface area contributed by atoms with Gasteiger partial charge in [0, 0.05) is 30.0 Å². The Balaban J connectivity index is 0.00000312. The fraction of sp³-hybridized carbons (Fsp3) is 0.529. The van der Waals surface area contributed by atoms with Gasteiger partial charge in [-0.2, -0.15) is 0 Å². The van der Waals surface area contributed by atoms with Crippen LogP contribution in [-0.2, 0) is 25.8 Å². The molecule has 0 radical (unpaired) electrons. The maximum Gasteiger partial charge on any atom is 0.191 e. The van der Waals surface area contributed by atoms with Gasteiger partial charge >= 0.3 is 0 Å². The summed E-state index contributed by atoms with van der Waals surface area (Å²) in [6, 6.07) is 4.00. The van der Waals surface area contributed by atoms with Crippen LogP contribution in [0.5, 0.6) is 0 Å². The summed E-state index contributed by atoms with van der Waals surface area (Å²) < 4.78 is 6.23. The van der Waals surface area contributed by atoms with Gasteiger partial charge in [0.2, 0.25) is 0 Å². The SMILES string of the molecule is CCNC(=NCc1c(CC)noc1CC)NCCc1ccc(Cl)s1.I. The van der Waals surface area contributed by atoms with E-state index in [0.29, 0.717) is 6.54 Å². The number of thiophene rings is 1. The highest BCUT2D eigenvalue weighted by molar-refractivity contribution is 14.0. The number of nitrogens with zero attached hydrogens (tertiary/aromatic N) is 2. The molecule has 0 aliphatic carbocycles. The van der Waals surface area contributed by atoms with E-state index in [1.165, 1.54) is 4.88 Å². The molecule has 0 saturated carbocycles. The molecule has 0 atom stereocenters. The van der Waals surface area contributed by atoms with E-state index in [9.17, 15) is 0 Å². The van der Waals surface area contributed by atoms with Gasteiger partial charge in [-0.15, -0.1) is 35.3 Å². The molecule has 0 aliphatic heterocycles. The fourth-order valence-electron chi connectivity index (χ4n) is 2.41. The van der Waals surface area contributed by atoms with Crippen LogP contribution in [0.4, 0.5) is 0 Å². The molecule has 0 fully saturated rings. The maximum absolute atomic E-state index is 5.96. The third-order valence-corrected chi connectivity index (χ3v) is 4.93. The highest BCUT2D eigenvalue weighted by Crippen LogP contribution is 2.21. The van der Waals surface area contributed by atoms with Crippen molar-refractivity contribution in [2.75, 3.05) is 13.1 Å². The van der Waals surface area contributed by atoms with Crippen molar-refractivity contribution >= 4 is 52.9 Å². The summed E-state index contributed by atoms with van der Waals surface area (Å²) in [5.41, 5.74) is 2.11. The van der Waals surface area contributed by atoms with E-state index in [1.807, 2.05) is 6.07 Å². The summed E-state index contributed by atoms with van der Waals surface area (Å²) >= 11 is 7.58. The second kappa shape index (κ2) is 11.7. The maximum atomic E-state index is 5.96. The lowest BCUT2D eigenvalue weighted by atomic mass is 10.1. The molecule has 0 saturated heterocycles. The van der Waals surface area contributed by atoms with E-state index < -0.39 is 0 Å². The number of aromatic nitrogens is 1. The molecular weight excluding hydrogens is 471 g/mol. The molecule has 0 bridgehead atoms. The predicted octanol–water partition coefficient (Wildman–Crippen LogP) is 4.43. The number of nitrogens with one attached hydrogen (secondary N) is 2. The Morgan fingerprint density at radius 1 is 1.24 bits per heavy atom. The normalized spacial score (nSPS) is 11.3. The standard InChI is InChI=1S/C17H25ClN4OS.HI/c1-4-14-13(15(5-2)23-22-14)11-21-17(19-6-3)20-10-9-12-7-8-16(18)24-12;/h7-8H,4-6,9-11H2,1-3H3,(H2,19,20,21);1H. The average molecular weight is 497 g/mol. The Bertz CT molecular complexity index is 650. The molecule has 25 heavy (non-hydrogen) atoms. The van der Waals surface area contributed by atoms with Crippen LogP contribution in [0.15, 0.2) is 21.6 Å². The fourth-order valence-corrected chi connectivity index (χ4v) is 3.49. The predicted molar refractivity (Wildman–Crippen MR) is 117 cm³/mol. The average Bonchev–Trinajstić information content (AvgIpc) is 3.17. The molecule has 2 rings (SSSR count). The first-order valence-electron chi connectivity index (χ1n) is 8.40. The lowest BCUT2D eigenvalue weighted by Gasteiger charge is -2.11. The van der Waals surface area contributed by atoms with Crippen molar-refractivity contribution in [2.45, 2.75) is 46.6 Å². The smallest absolute Gasteiger partial charge is 0.191 e. The summed E-state index contributed by atoms with van der Waals surface area (Å²) in [6.45, 7) is 8.43. The molecule has 140 valence electrons. The molecule has 8 heteroatoms. The number of guanidine groups is 1. The zero-order valence-corrected chi connectivity index (χ0v) is 18.8. The van der Waals surface area contributed by atoms with Crippen LogP contribution in [-0.4, -0.2) is 24.2 Å². The lowest BCUT2D eigenvalue weighted by Crippen LogP contribution is -2.38. The quantitative estimate of drug-likeness (QED) is 0.322. The Morgan fingerprint density at radius 3 is 2.64 bits per heavy atom. The second-order valence-electron chi connectivity index (χ2n) is 5.32. The van der Waals surface area contributed by atoms with Crippen molar-refractivity contribution in [2.24, 2.45) is 4.99 Å². The zero-order chi connectivity index (χ0) is 17.4. The first-order chi connectivity index (χ1) is 11.7. The second-order valence-corrected chi connectivity index (χ2v) is 7.12. The van der Waals surface area contributed by atoms with Crippen LogP contribution in [0, 0.1) is 0 Å². The molecular formula is C17H26ClIN4OS. The monoisotopic (exact) mass is 496 g/mol. The molecule has 2 N–H and O–H groups in total. The third-order valence-electron chi connectivity index (χ3n) is 3.64. The van der Waals surface area contributed by atoms with E-state index in [-0.39, 0.29) is 24.0 Å². The highest BCUT2D eigenvalue weighted by Gasteiger charge is 2.13. The zero-order valence-electron chi connectivity index (χ0n) is 14.9. The van der Waals surface area contributed by atoms with Crippen molar-refractivity contribution in [3.63, 3.8) is 0 Å². The van der Waals surface area contributed by atoms with Gasteiger partial charge in [0.25, 0.3) is 0 Å². The Kier molecular flexibility index (Phi) is 10.4. The van der Waals surface area contributed by atoms with Crippen molar-refractivity contribution in [1.82, 2.24) is 15.8 Å². The Morgan fingerprint density at radius 2 is 2.04 bits per heavy atom. The number of halogens is 2. The summed E-state index contributed by atoms with van der Waals surface area (Å²) in [4.78, 5) is 5.95. The Hall–Kier alpha value is -0.800. The van der Waals surface area contributed by atoms with Gasteiger partial charge in [-0.25, -0.2) is 4.99 Å². The molecule has 0 aromatic carbocycles. The van der Waals surface area contributed by atoms with Gasteiger partial charge in [-0.05, 0) is 31.9 Å². The number of hydrogen-bond acceptors (Lipinski definition) is 4. The summed E-state index contributed by atoms with van der Waals surface area (Å²) in [7, 11) is 0. The summed E-state index contributed by atoms with van der Waals surface area (Å²) in [5.74, 6) is 1.74. The van der Waals surface area contributed by atoms with Crippen LogP contribution in [0.1, 0.15) is 42.7 Å². The number of aryl methyl sites for hydroxylation is 2. The van der Waals surface area contributed by atoms with E-state index in [1.54, 1.807) is 11.3 Å². The highest BCUT2D eigenvalue weighted by atomic mass is 127. The summed E-state index contributed by atoms with van der Waals surface area (Å²) in [6.07, 6.45) is 2.62. The van der Waals surface area contributed by atoms with Crippen LogP contribution in [0.2, 0.25) is 4.34 Å². The van der Waals surface area contributed by atoms with E-state index in [2.05, 4.69) is 47.6 Å². The van der Waals surface area contributed by atoms with Crippen LogP contribution in [0.3, 0.4) is 0 Å². The van der Waals surface area contributed by atoms with Gasteiger partial charge in [0.05, 0.1) is 16.6 Å². The van der Waals surface area contributed by atoms with E-state index >= 15 is 0 Å². The topological polar surface area (TPSA) is 62.5 Å². The minimum absolute atomic E-state index is 0. The van der Waals surface area contributed by atoms with E-state index in [0.717, 1.165) is 59.7 Å². The number of aliphatic imine (C=N–C) groups is 1. The molecule has 0 amide bonds. The minimum Gasteiger partial charge on any atom is -0.361 e. The lowest BCUT2D eigenvalue weighted by molar-refractivity contribution is 0.380.